The second kappa shape index (κ2) is 4.74. The molecule has 6 nitrogen and oxygen atoms in total. The van der Waals surface area contributed by atoms with Gasteiger partial charge in [0.25, 0.3) is 5.89 Å². The van der Waals surface area contributed by atoms with Crippen molar-refractivity contribution in [1.29, 1.82) is 5.26 Å². The molecule has 19 heavy (non-hydrogen) atoms. The van der Waals surface area contributed by atoms with Gasteiger partial charge in [-0.3, -0.25) is 4.98 Å². The van der Waals surface area contributed by atoms with Crippen molar-refractivity contribution in [2.24, 2.45) is 0 Å². The van der Waals surface area contributed by atoms with E-state index in [0.29, 0.717) is 11.7 Å². The van der Waals surface area contributed by atoms with E-state index in [1.807, 2.05) is 24.3 Å². The van der Waals surface area contributed by atoms with Crippen molar-refractivity contribution in [1.82, 2.24) is 19.7 Å². The third kappa shape index (κ3) is 2.09. The maximum atomic E-state index is 8.75. The Morgan fingerprint density at radius 2 is 2.26 bits per heavy atom. The highest BCUT2D eigenvalue weighted by Gasteiger charge is 2.13. The van der Waals surface area contributed by atoms with Crippen LogP contribution >= 0.6 is 0 Å². The van der Waals surface area contributed by atoms with Crippen molar-refractivity contribution in [3.05, 3.63) is 42.9 Å². The van der Waals surface area contributed by atoms with Crippen LogP contribution in [-0.2, 0) is 6.54 Å². The molecule has 0 saturated heterocycles. The molecule has 0 N–H and O–H groups in total. The van der Waals surface area contributed by atoms with Gasteiger partial charge >= 0.3 is 0 Å². The van der Waals surface area contributed by atoms with E-state index in [0.717, 1.165) is 11.3 Å². The molecule has 0 atom stereocenters. The number of nitrogens with zero attached hydrogens (tertiary/aromatic N) is 5. The number of rotatable bonds is 3. The van der Waals surface area contributed by atoms with Gasteiger partial charge in [0.05, 0.1) is 6.07 Å². The molecule has 3 aromatic heterocycles. The highest BCUT2D eigenvalue weighted by atomic mass is 16.5. The van der Waals surface area contributed by atoms with E-state index in [9.17, 15) is 0 Å². The summed E-state index contributed by atoms with van der Waals surface area (Å²) in [6.45, 7) is 0.243. The van der Waals surface area contributed by atoms with Crippen molar-refractivity contribution in [3.63, 3.8) is 0 Å². The van der Waals surface area contributed by atoms with Gasteiger partial charge in [0.15, 0.2) is 0 Å². The normalized spacial score (nSPS) is 10.3. The van der Waals surface area contributed by atoms with E-state index in [1.54, 1.807) is 23.2 Å². The quantitative estimate of drug-likeness (QED) is 0.712. The topological polar surface area (TPSA) is 80.5 Å². The largest absolute Gasteiger partial charge is 0.332 e. The number of hydrogen-bond donors (Lipinski definition) is 0. The summed E-state index contributed by atoms with van der Waals surface area (Å²) in [6.07, 6.45) is 5.15. The fourth-order valence-electron chi connectivity index (χ4n) is 1.76. The third-order valence-electron chi connectivity index (χ3n) is 2.64. The van der Waals surface area contributed by atoms with Crippen molar-refractivity contribution >= 4 is 0 Å². The number of aromatic nitrogens is 4. The SMILES string of the molecule is N#CCn1cccc1-c1nc(-c2cccnc2)no1. The van der Waals surface area contributed by atoms with Gasteiger partial charge in [0.2, 0.25) is 5.82 Å². The van der Waals surface area contributed by atoms with Crippen LogP contribution in [0.5, 0.6) is 0 Å². The summed E-state index contributed by atoms with van der Waals surface area (Å²) in [5.74, 6) is 0.868. The molecular formula is C13H9N5O. The van der Waals surface area contributed by atoms with Gasteiger partial charge in [-0.05, 0) is 24.3 Å². The summed E-state index contributed by atoms with van der Waals surface area (Å²) >= 11 is 0. The maximum absolute atomic E-state index is 8.75. The molecule has 0 spiro atoms. The fourth-order valence-corrected chi connectivity index (χ4v) is 1.76. The number of hydrogen-bond acceptors (Lipinski definition) is 5. The fraction of sp³-hybridized carbons (Fsp3) is 0.0769. The van der Waals surface area contributed by atoms with Crippen molar-refractivity contribution < 1.29 is 4.52 Å². The predicted molar refractivity (Wildman–Crippen MR) is 66.6 cm³/mol. The maximum Gasteiger partial charge on any atom is 0.274 e. The van der Waals surface area contributed by atoms with Crippen LogP contribution in [0.1, 0.15) is 0 Å². The first-order chi connectivity index (χ1) is 9.38. The number of nitriles is 1. The Hall–Kier alpha value is -2.94. The molecule has 0 amide bonds. The molecule has 0 aliphatic rings. The summed E-state index contributed by atoms with van der Waals surface area (Å²) in [6, 6.07) is 9.41. The van der Waals surface area contributed by atoms with Crippen LogP contribution in [-0.4, -0.2) is 19.7 Å². The monoisotopic (exact) mass is 251 g/mol. The molecular weight excluding hydrogens is 242 g/mol. The van der Waals surface area contributed by atoms with Gasteiger partial charge in [0, 0.05) is 24.2 Å². The Kier molecular flexibility index (Phi) is 2.79. The van der Waals surface area contributed by atoms with Crippen molar-refractivity contribution in [3.8, 4) is 29.0 Å². The van der Waals surface area contributed by atoms with Crippen LogP contribution in [0.2, 0.25) is 0 Å². The first-order valence-corrected chi connectivity index (χ1v) is 5.65. The first-order valence-electron chi connectivity index (χ1n) is 5.65. The van der Waals surface area contributed by atoms with E-state index >= 15 is 0 Å². The Balaban J connectivity index is 1.98. The molecule has 3 rings (SSSR count). The molecule has 3 heterocycles. The summed E-state index contributed by atoms with van der Waals surface area (Å²) < 4.78 is 6.98. The Morgan fingerprint density at radius 1 is 1.32 bits per heavy atom. The third-order valence-corrected chi connectivity index (χ3v) is 2.64. The van der Waals surface area contributed by atoms with Crippen LogP contribution in [0.4, 0.5) is 0 Å². The van der Waals surface area contributed by atoms with E-state index in [1.165, 1.54) is 0 Å². The molecule has 3 aromatic rings. The molecule has 6 heteroatoms. The second-order valence-corrected chi connectivity index (χ2v) is 3.84. The predicted octanol–water partition coefficient (Wildman–Crippen LogP) is 2.12. The average molecular weight is 251 g/mol. The molecule has 0 bridgehead atoms. The lowest BCUT2D eigenvalue weighted by Crippen LogP contribution is -1.96. The molecule has 0 saturated carbocycles. The van der Waals surface area contributed by atoms with Crippen LogP contribution < -0.4 is 0 Å². The van der Waals surface area contributed by atoms with Gasteiger partial charge < -0.3 is 9.09 Å². The highest BCUT2D eigenvalue weighted by Crippen LogP contribution is 2.21. The zero-order valence-electron chi connectivity index (χ0n) is 9.89. The van der Waals surface area contributed by atoms with E-state index < -0.39 is 0 Å². The van der Waals surface area contributed by atoms with Gasteiger partial charge in [-0.15, -0.1) is 0 Å². The van der Waals surface area contributed by atoms with Crippen LogP contribution in [0.3, 0.4) is 0 Å². The summed E-state index contributed by atoms with van der Waals surface area (Å²) in [4.78, 5) is 8.33. The van der Waals surface area contributed by atoms with E-state index in [-0.39, 0.29) is 6.54 Å². The standard InChI is InChI=1S/C13H9N5O/c14-5-8-18-7-2-4-11(18)13-16-12(17-19-13)10-3-1-6-15-9-10/h1-4,6-7,9H,8H2. The summed E-state index contributed by atoms with van der Waals surface area (Å²) in [5.41, 5.74) is 1.51. The van der Waals surface area contributed by atoms with Crippen LogP contribution in [0, 0.1) is 11.3 Å². The van der Waals surface area contributed by atoms with E-state index in [4.69, 9.17) is 9.78 Å². The number of pyridine rings is 1. The zero-order valence-corrected chi connectivity index (χ0v) is 9.89. The Labute approximate surface area is 108 Å². The minimum Gasteiger partial charge on any atom is -0.332 e. The second-order valence-electron chi connectivity index (χ2n) is 3.84. The molecule has 0 aliphatic heterocycles. The molecule has 0 aromatic carbocycles. The Morgan fingerprint density at radius 3 is 3.05 bits per heavy atom. The van der Waals surface area contributed by atoms with Gasteiger partial charge in [-0.1, -0.05) is 5.16 Å². The molecule has 0 fully saturated rings. The van der Waals surface area contributed by atoms with E-state index in [2.05, 4.69) is 21.2 Å². The summed E-state index contributed by atoms with van der Waals surface area (Å²) in [5, 5.41) is 12.7. The van der Waals surface area contributed by atoms with Crippen LogP contribution in [0.15, 0.2) is 47.4 Å². The minimum absolute atomic E-state index is 0.243. The zero-order chi connectivity index (χ0) is 13.1. The lowest BCUT2D eigenvalue weighted by molar-refractivity contribution is 0.429. The minimum atomic E-state index is 0.243. The molecule has 0 radical (unpaired) electrons. The highest BCUT2D eigenvalue weighted by molar-refractivity contribution is 5.57. The Bertz CT molecular complexity index is 723. The molecule has 0 unspecified atom stereocenters. The molecule has 92 valence electrons. The first kappa shape index (κ1) is 11.2. The van der Waals surface area contributed by atoms with Crippen LogP contribution in [0.25, 0.3) is 23.0 Å². The van der Waals surface area contributed by atoms with Gasteiger partial charge in [-0.2, -0.15) is 10.2 Å². The average Bonchev–Trinajstić information content (AvgIpc) is 3.08. The lowest BCUT2D eigenvalue weighted by Gasteiger charge is -1.98. The van der Waals surface area contributed by atoms with Crippen molar-refractivity contribution in [2.45, 2.75) is 6.54 Å². The van der Waals surface area contributed by atoms with Gasteiger partial charge in [0.1, 0.15) is 12.2 Å². The smallest absolute Gasteiger partial charge is 0.274 e. The molecule has 0 aliphatic carbocycles. The van der Waals surface area contributed by atoms with Gasteiger partial charge in [-0.25, -0.2) is 0 Å². The summed E-state index contributed by atoms with van der Waals surface area (Å²) in [7, 11) is 0. The van der Waals surface area contributed by atoms with Crippen molar-refractivity contribution in [2.75, 3.05) is 0 Å². The lowest BCUT2D eigenvalue weighted by atomic mass is 10.3.